The molecule has 6 rings (SSSR count). The van der Waals surface area contributed by atoms with Crippen molar-refractivity contribution in [2.24, 2.45) is 19.8 Å². The van der Waals surface area contributed by atoms with E-state index < -0.39 is 13.0 Å². The van der Waals surface area contributed by atoms with Crippen molar-refractivity contribution < 1.29 is 14.1 Å². The van der Waals surface area contributed by atoms with Gasteiger partial charge in [-0.1, -0.05) is 6.07 Å². The molecule has 4 aromatic rings. The van der Waals surface area contributed by atoms with E-state index in [2.05, 4.69) is 25.9 Å². The summed E-state index contributed by atoms with van der Waals surface area (Å²) < 4.78 is 23.4. The summed E-state index contributed by atoms with van der Waals surface area (Å²) >= 11 is 0. The van der Waals surface area contributed by atoms with Crippen LogP contribution in [0.15, 0.2) is 42.6 Å². The number of nitrogens with two attached hydrogens (primary N) is 1. The molecule has 2 fully saturated rings. The maximum Gasteiger partial charge on any atom is 0.271 e. The average molecular weight is 548 g/mol. The second-order valence-electron chi connectivity index (χ2n) is 10.0. The number of ether oxygens (including phenoxy) is 1. The van der Waals surface area contributed by atoms with Crippen LogP contribution in [0.3, 0.4) is 0 Å². The quantitative estimate of drug-likeness (QED) is 0.253. The zero-order chi connectivity index (χ0) is 27.3. The molecule has 1 aromatic carbocycles. The molecule has 2 aliphatic rings. The third kappa shape index (κ3) is 4.54. The van der Waals surface area contributed by atoms with E-state index in [0.29, 0.717) is 34.5 Å². The van der Waals surface area contributed by atoms with E-state index in [1.807, 2.05) is 31.3 Å². The fourth-order valence-electron chi connectivity index (χ4n) is 5.06. The second kappa shape index (κ2) is 9.53. The molecule has 12 nitrogen and oxygen atoms in total. The van der Waals surface area contributed by atoms with Crippen LogP contribution in [0.2, 0.25) is 0 Å². The van der Waals surface area contributed by atoms with Crippen LogP contribution in [-0.2, 0) is 18.7 Å². The molecule has 0 aliphatic heterocycles. The van der Waals surface area contributed by atoms with Gasteiger partial charge in [0.1, 0.15) is 13.0 Å². The Morgan fingerprint density at radius 1 is 1.03 bits per heavy atom. The number of nitrogens with one attached hydrogen (secondary N) is 2. The topological polar surface area (TPSA) is 155 Å². The Hall–Kier alpha value is -4.18. The van der Waals surface area contributed by atoms with Crippen LogP contribution in [0.25, 0.3) is 11.3 Å². The molecule has 1 amide bonds. The Kier molecular flexibility index (Phi) is 6.14. The molecule has 0 spiro atoms. The van der Waals surface area contributed by atoms with Crippen LogP contribution in [0.4, 0.5) is 23.0 Å². The van der Waals surface area contributed by atoms with E-state index in [4.69, 9.17) is 15.6 Å². The molecule has 4 N–H and O–H groups in total. The number of primary amides is 1. The van der Waals surface area contributed by atoms with E-state index in [9.17, 15) is 9.36 Å². The minimum Gasteiger partial charge on any atom is -0.494 e. The average Bonchev–Trinajstić information content (AvgIpc) is 3.85. The van der Waals surface area contributed by atoms with Crippen LogP contribution >= 0.6 is 7.14 Å². The number of hydrogen-bond donors (Lipinski definition) is 3. The van der Waals surface area contributed by atoms with Gasteiger partial charge in [-0.2, -0.15) is 10.2 Å². The van der Waals surface area contributed by atoms with Gasteiger partial charge in [0.05, 0.1) is 35.8 Å². The number of aryl methyl sites for hydroxylation is 2. The molecule has 0 radical (unpaired) electrons. The highest BCUT2D eigenvalue weighted by Crippen LogP contribution is 2.69. The predicted molar refractivity (Wildman–Crippen MR) is 149 cm³/mol. The van der Waals surface area contributed by atoms with Gasteiger partial charge in [0.15, 0.2) is 17.3 Å². The Morgan fingerprint density at radius 2 is 1.77 bits per heavy atom. The van der Waals surface area contributed by atoms with Crippen molar-refractivity contribution in [2.45, 2.75) is 37.0 Å². The molecule has 0 saturated heterocycles. The molecule has 0 atom stereocenters. The molecule has 13 heteroatoms. The summed E-state index contributed by atoms with van der Waals surface area (Å²) in [6, 6.07) is 11.0. The fourth-order valence-corrected chi connectivity index (χ4v) is 9.06. The van der Waals surface area contributed by atoms with Crippen molar-refractivity contribution in [3.63, 3.8) is 0 Å². The van der Waals surface area contributed by atoms with Crippen molar-refractivity contribution >= 4 is 41.5 Å². The van der Waals surface area contributed by atoms with Crippen LogP contribution in [0, 0.1) is 0 Å². The molecule has 0 bridgehead atoms. The first kappa shape index (κ1) is 25.1. The van der Waals surface area contributed by atoms with Crippen LogP contribution in [0.5, 0.6) is 5.75 Å². The van der Waals surface area contributed by atoms with Gasteiger partial charge >= 0.3 is 0 Å². The molecule has 202 valence electrons. The smallest absolute Gasteiger partial charge is 0.271 e. The van der Waals surface area contributed by atoms with E-state index >= 15 is 0 Å². The van der Waals surface area contributed by atoms with Gasteiger partial charge in [0.2, 0.25) is 0 Å². The van der Waals surface area contributed by atoms with E-state index in [1.54, 1.807) is 41.9 Å². The molecular weight excluding hydrogens is 517 g/mol. The van der Waals surface area contributed by atoms with Gasteiger partial charge in [-0.05, 0) is 43.9 Å². The molecule has 0 unspecified atom stereocenters. The lowest BCUT2D eigenvalue weighted by atomic mass is 10.1. The predicted octanol–water partition coefficient (Wildman–Crippen LogP) is 3.52. The number of amides is 1. The highest BCUT2D eigenvalue weighted by molar-refractivity contribution is 7.73. The fraction of sp³-hybridized carbons (Fsp3) is 0.346. The standard InChI is InChI=1S/C26H30N9O3P/c1-34-22(11-12-28-34)30-21-13-20(24(26(27)36)32-31-21)29-18-6-4-5-17(25(18)38-3)19-14-23(35(2)33-19)39(37,15-7-8-15)16-9-10-16/h4-6,11-16H,7-10H2,1-3H3,(H2,27,36)(H2,29,30,31). The monoisotopic (exact) mass is 547 g/mol. The van der Waals surface area contributed by atoms with E-state index in [0.717, 1.165) is 36.7 Å². The highest BCUT2D eigenvalue weighted by atomic mass is 31.2. The highest BCUT2D eigenvalue weighted by Gasteiger charge is 2.53. The van der Waals surface area contributed by atoms with E-state index in [-0.39, 0.29) is 17.0 Å². The largest absolute Gasteiger partial charge is 0.494 e. The third-order valence-electron chi connectivity index (χ3n) is 7.26. The number of nitrogens with zero attached hydrogens (tertiary/aromatic N) is 6. The zero-order valence-electron chi connectivity index (χ0n) is 22.0. The lowest BCUT2D eigenvalue weighted by molar-refractivity contribution is 0.0995. The Labute approximate surface area is 225 Å². The number of carbonyl (C=O) groups is 1. The number of rotatable bonds is 10. The lowest BCUT2D eigenvalue weighted by Gasteiger charge is -2.17. The van der Waals surface area contributed by atoms with Crippen LogP contribution < -0.4 is 26.5 Å². The number of methoxy groups -OCH3 is 1. The molecule has 2 aliphatic carbocycles. The number of para-hydroxylation sites is 1. The van der Waals surface area contributed by atoms with Crippen LogP contribution in [0.1, 0.15) is 36.2 Å². The molecule has 3 aromatic heterocycles. The van der Waals surface area contributed by atoms with Gasteiger partial charge in [-0.3, -0.25) is 14.2 Å². The van der Waals surface area contributed by atoms with Crippen molar-refractivity contribution in [3.8, 4) is 17.0 Å². The minimum atomic E-state index is -2.51. The van der Waals surface area contributed by atoms with E-state index in [1.165, 1.54) is 0 Å². The molecule has 3 heterocycles. The number of carbonyl (C=O) groups excluding carboxylic acids is 1. The second-order valence-corrected chi connectivity index (χ2v) is 13.4. The number of anilines is 4. The summed E-state index contributed by atoms with van der Waals surface area (Å²) in [5, 5.41) is 23.4. The summed E-state index contributed by atoms with van der Waals surface area (Å²) in [6.45, 7) is 0. The minimum absolute atomic E-state index is 0.0204. The maximum atomic E-state index is 14.2. The normalized spacial score (nSPS) is 15.3. The Balaban J connectivity index is 1.36. The summed E-state index contributed by atoms with van der Waals surface area (Å²) in [7, 11) is 2.72. The SMILES string of the molecule is COc1c(Nc2cc(Nc3ccnn3C)nnc2C(N)=O)cccc1-c1cc(P(=O)(C2CC2)C2CC2)n(C)n1. The van der Waals surface area contributed by atoms with Gasteiger partial charge in [-0.15, -0.1) is 10.2 Å². The van der Waals surface area contributed by atoms with Crippen molar-refractivity contribution in [1.82, 2.24) is 29.8 Å². The molecule has 39 heavy (non-hydrogen) atoms. The van der Waals surface area contributed by atoms with Gasteiger partial charge in [0.25, 0.3) is 5.91 Å². The lowest BCUT2D eigenvalue weighted by Crippen LogP contribution is -2.20. The molecule has 2 saturated carbocycles. The first-order valence-electron chi connectivity index (χ1n) is 12.8. The van der Waals surface area contributed by atoms with Gasteiger partial charge < -0.3 is 25.7 Å². The first-order chi connectivity index (χ1) is 18.8. The third-order valence-corrected chi connectivity index (χ3v) is 11.6. The van der Waals surface area contributed by atoms with Gasteiger partial charge in [0, 0.05) is 43.1 Å². The Morgan fingerprint density at radius 3 is 2.38 bits per heavy atom. The summed E-state index contributed by atoms with van der Waals surface area (Å²) in [4.78, 5) is 12.2. The number of hydrogen-bond acceptors (Lipinski definition) is 9. The number of aromatic nitrogens is 6. The summed E-state index contributed by atoms with van der Waals surface area (Å²) in [5.41, 5.74) is 9.33. The summed E-state index contributed by atoms with van der Waals surface area (Å²) in [5.74, 6) is 0.884. The van der Waals surface area contributed by atoms with Crippen LogP contribution in [-0.4, -0.2) is 54.1 Å². The van der Waals surface area contributed by atoms with Crippen molar-refractivity contribution in [3.05, 3.63) is 48.3 Å². The zero-order valence-corrected chi connectivity index (χ0v) is 22.9. The summed E-state index contributed by atoms with van der Waals surface area (Å²) in [6.07, 6.45) is 5.75. The number of benzene rings is 1. The van der Waals surface area contributed by atoms with Crippen molar-refractivity contribution in [1.29, 1.82) is 0 Å². The molecular formula is C26H30N9O3P. The maximum absolute atomic E-state index is 14.2. The first-order valence-corrected chi connectivity index (χ1v) is 14.6. The van der Waals surface area contributed by atoms with Crippen molar-refractivity contribution in [2.75, 3.05) is 17.7 Å². The van der Waals surface area contributed by atoms with Gasteiger partial charge in [-0.25, -0.2) is 0 Å². The Bertz CT molecular complexity index is 1600.